The number of hydrogen-bond donors (Lipinski definition) is 1. The van der Waals surface area contributed by atoms with Crippen LogP contribution in [0.5, 0.6) is 0 Å². The van der Waals surface area contributed by atoms with Crippen molar-refractivity contribution in [1.29, 1.82) is 0 Å². The van der Waals surface area contributed by atoms with Gasteiger partial charge in [0.1, 0.15) is 0 Å². The van der Waals surface area contributed by atoms with E-state index in [0.717, 1.165) is 25.1 Å². The van der Waals surface area contributed by atoms with Crippen molar-refractivity contribution in [2.45, 2.75) is 12.8 Å². The summed E-state index contributed by atoms with van der Waals surface area (Å²) >= 11 is 12.3. The highest BCUT2D eigenvalue weighted by molar-refractivity contribution is 6.43. The molecule has 0 aliphatic carbocycles. The molecule has 0 saturated carbocycles. The fourth-order valence-corrected chi connectivity index (χ4v) is 3.30. The van der Waals surface area contributed by atoms with Crippen molar-refractivity contribution in [3.8, 4) is 0 Å². The van der Waals surface area contributed by atoms with Gasteiger partial charge in [-0.15, -0.1) is 5.10 Å². The number of fused-ring (bicyclic) bond motifs is 1. The molecule has 2 heterocycles. The lowest BCUT2D eigenvalue weighted by Gasteiger charge is -2.29. The van der Waals surface area contributed by atoms with E-state index in [1.807, 2.05) is 18.2 Å². The normalized spacial score (nSPS) is 13.4. The first-order valence-electron chi connectivity index (χ1n) is 7.98. The molecule has 3 aromatic rings. The quantitative estimate of drug-likeness (QED) is 0.701. The Balaban J connectivity index is 1.66. The lowest BCUT2D eigenvalue weighted by atomic mass is 10.0. The molecule has 0 radical (unpaired) electrons. The molecule has 1 aliphatic heterocycles. The van der Waals surface area contributed by atoms with Crippen LogP contribution in [0.3, 0.4) is 0 Å². The highest BCUT2D eigenvalue weighted by Gasteiger charge is 2.20. The van der Waals surface area contributed by atoms with Crippen molar-refractivity contribution in [2.75, 3.05) is 16.8 Å². The van der Waals surface area contributed by atoms with Crippen LogP contribution in [-0.4, -0.2) is 21.7 Å². The third-order valence-electron chi connectivity index (χ3n) is 4.11. The van der Waals surface area contributed by atoms with E-state index in [4.69, 9.17) is 23.2 Å². The average Bonchev–Trinajstić information content (AvgIpc) is 2.65. The number of rotatable bonds is 3. The monoisotopic (exact) mass is 371 g/mol. The van der Waals surface area contributed by atoms with Crippen molar-refractivity contribution in [2.24, 2.45) is 0 Å². The third-order valence-corrected chi connectivity index (χ3v) is 4.93. The molecule has 1 aliphatic rings. The van der Waals surface area contributed by atoms with Crippen LogP contribution in [0, 0.1) is 0 Å². The largest absolute Gasteiger partial charge is 0.338 e. The van der Waals surface area contributed by atoms with E-state index >= 15 is 0 Å². The van der Waals surface area contributed by atoms with Gasteiger partial charge in [-0.05, 0) is 36.6 Å². The molecule has 0 bridgehead atoms. The highest BCUT2D eigenvalue weighted by atomic mass is 35.5. The van der Waals surface area contributed by atoms with Crippen LogP contribution in [0.4, 0.5) is 23.1 Å². The lowest BCUT2D eigenvalue weighted by molar-refractivity contribution is 0.742. The summed E-state index contributed by atoms with van der Waals surface area (Å²) in [5, 5.41) is 12.4. The van der Waals surface area contributed by atoms with Gasteiger partial charge in [-0.2, -0.15) is 10.1 Å². The van der Waals surface area contributed by atoms with Crippen molar-refractivity contribution < 1.29 is 0 Å². The van der Waals surface area contributed by atoms with Gasteiger partial charge in [0.2, 0.25) is 0 Å². The van der Waals surface area contributed by atoms with Crippen LogP contribution in [-0.2, 0) is 6.42 Å². The molecule has 0 unspecified atom stereocenters. The zero-order valence-corrected chi connectivity index (χ0v) is 14.8. The van der Waals surface area contributed by atoms with Gasteiger partial charge >= 0.3 is 0 Å². The molecule has 126 valence electrons. The average molecular weight is 372 g/mol. The standard InChI is InChI=1S/C18H15Cl2N5/c19-13-7-3-8-14(17(13)20)22-16-11-21-24-18(23-16)25-10-4-6-12-5-1-2-9-15(12)25/h1-3,5,7-9,11H,4,6,10H2,(H,22,23,24). The summed E-state index contributed by atoms with van der Waals surface area (Å²) in [7, 11) is 0. The number of hydrogen-bond acceptors (Lipinski definition) is 5. The van der Waals surface area contributed by atoms with Gasteiger partial charge in [-0.25, -0.2) is 0 Å². The second-order valence-electron chi connectivity index (χ2n) is 5.75. The smallest absolute Gasteiger partial charge is 0.251 e. The molecule has 0 amide bonds. The van der Waals surface area contributed by atoms with Crippen molar-refractivity contribution >= 4 is 46.3 Å². The minimum absolute atomic E-state index is 0.452. The summed E-state index contributed by atoms with van der Waals surface area (Å²) in [4.78, 5) is 6.69. The number of halogens is 2. The van der Waals surface area contributed by atoms with Crippen LogP contribution in [0.25, 0.3) is 0 Å². The van der Waals surface area contributed by atoms with E-state index in [2.05, 4.69) is 43.6 Å². The Labute approximate surface area is 155 Å². The van der Waals surface area contributed by atoms with Crippen LogP contribution >= 0.6 is 23.2 Å². The van der Waals surface area contributed by atoms with Crippen molar-refractivity contribution in [3.63, 3.8) is 0 Å². The molecule has 0 atom stereocenters. The van der Waals surface area contributed by atoms with E-state index in [-0.39, 0.29) is 0 Å². The van der Waals surface area contributed by atoms with Gasteiger partial charge in [0, 0.05) is 12.2 Å². The molecule has 1 aromatic heterocycles. The zero-order chi connectivity index (χ0) is 17.2. The second-order valence-corrected chi connectivity index (χ2v) is 6.54. The number of nitrogens with zero attached hydrogens (tertiary/aromatic N) is 4. The van der Waals surface area contributed by atoms with Crippen LogP contribution in [0.2, 0.25) is 10.0 Å². The summed E-state index contributed by atoms with van der Waals surface area (Å²) in [6, 6.07) is 13.7. The number of anilines is 4. The number of aryl methyl sites for hydroxylation is 1. The second kappa shape index (κ2) is 6.86. The summed E-state index contributed by atoms with van der Waals surface area (Å²) in [6.45, 7) is 0.861. The SMILES string of the molecule is Clc1cccc(Nc2cnnc(N3CCCc4ccccc43)n2)c1Cl. The van der Waals surface area contributed by atoms with Crippen LogP contribution in [0.15, 0.2) is 48.7 Å². The van der Waals surface area contributed by atoms with Crippen LogP contribution in [0.1, 0.15) is 12.0 Å². The van der Waals surface area contributed by atoms with E-state index in [9.17, 15) is 0 Å². The first-order chi connectivity index (χ1) is 12.2. The fraction of sp³-hybridized carbons (Fsp3) is 0.167. The predicted octanol–water partition coefficient (Wildman–Crippen LogP) is 5.01. The van der Waals surface area contributed by atoms with Gasteiger partial charge < -0.3 is 10.2 Å². The zero-order valence-electron chi connectivity index (χ0n) is 13.3. The van der Waals surface area contributed by atoms with E-state index in [0.29, 0.717) is 27.5 Å². The molecule has 5 nitrogen and oxygen atoms in total. The van der Waals surface area contributed by atoms with Crippen LogP contribution < -0.4 is 10.2 Å². The predicted molar refractivity (Wildman–Crippen MR) is 101 cm³/mol. The van der Waals surface area contributed by atoms with E-state index in [1.54, 1.807) is 12.3 Å². The Hall–Kier alpha value is -2.37. The number of aromatic nitrogens is 3. The van der Waals surface area contributed by atoms with Gasteiger partial charge in [0.15, 0.2) is 5.82 Å². The molecule has 7 heteroatoms. The molecule has 4 rings (SSSR count). The molecular formula is C18H15Cl2N5. The Morgan fingerprint density at radius 1 is 1.04 bits per heavy atom. The molecule has 0 fully saturated rings. The number of benzene rings is 2. The number of nitrogens with one attached hydrogen (secondary N) is 1. The minimum atomic E-state index is 0.452. The lowest BCUT2D eigenvalue weighted by Crippen LogP contribution is -2.26. The maximum absolute atomic E-state index is 6.23. The van der Waals surface area contributed by atoms with E-state index in [1.165, 1.54) is 5.56 Å². The highest BCUT2D eigenvalue weighted by Crippen LogP contribution is 2.33. The summed E-state index contributed by atoms with van der Waals surface area (Å²) in [5.74, 6) is 1.13. The summed E-state index contributed by atoms with van der Waals surface area (Å²) in [6.07, 6.45) is 3.69. The van der Waals surface area contributed by atoms with Crippen molar-refractivity contribution in [1.82, 2.24) is 15.2 Å². The first-order valence-corrected chi connectivity index (χ1v) is 8.74. The first kappa shape index (κ1) is 16.1. The topological polar surface area (TPSA) is 53.9 Å². The molecule has 2 aromatic carbocycles. The van der Waals surface area contributed by atoms with Gasteiger partial charge in [0.25, 0.3) is 5.95 Å². The fourth-order valence-electron chi connectivity index (χ4n) is 2.95. The molecule has 1 N–H and O–H groups in total. The molecular weight excluding hydrogens is 357 g/mol. The van der Waals surface area contributed by atoms with Gasteiger partial charge in [-0.3, -0.25) is 0 Å². The molecule has 0 spiro atoms. The Morgan fingerprint density at radius 3 is 2.84 bits per heavy atom. The Bertz CT molecular complexity index is 915. The third kappa shape index (κ3) is 3.25. The Morgan fingerprint density at radius 2 is 1.92 bits per heavy atom. The maximum atomic E-state index is 6.23. The van der Waals surface area contributed by atoms with Gasteiger partial charge in [-0.1, -0.05) is 47.5 Å². The molecule has 25 heavy (non-hydrogen) atoms. The summed E-state index contributed by atoms with van der Waals surface area (Å²) in [5.41, 5.74) is 3.11. The maximum Gasteiger partial charge on any atom is 0.251 e. The number of para-hydroxylation sites is 1. The van der Waals surface area contributed by atoms with Crippen molar-refractivity contribution in [3.05, 3.63) is 64.3 Å². The summed E-state index contributed by atoms with van der Waals surface area (Å²) < 4.78 is 0. The Kier molecular flexibility index (Phi) is 4.42. The minimum Gasteiger partial charge on any atom is -0.338 e. The van der Waals surface area contributed by atoms with E-state index < -0.39 is 0 Å². The van der Waals surface area contributed by atoms with Gasteiger partial charge in [0.05, 0.1) is 21.9 Å². The molecule has 0 saturated heterocycles.